The molecule has 8 heteroatoms. The lowest BCUT2D eigenvalue weighted by atomic mass is 10.1. The molecule has 6 nitrogen and oxygen atoms in total. The van der Waals surface area contributed by atoms with Gasteiger partial charge in [-0.3, -0.25) is 4.79 Å². The molecule has 0 saturated carbocycles. The van der Waals surface area contributed by atoms with E-state index in [4.69, 9.17) is 0 Å². The lowest BCUT2D eigenvalue weighted by Crippen LogP contribution is -2.05. The smallest absolute Gasteiger partial charge is 0.223 e. The molecule has 0 aliphatic carbocycles. The Labute approximate surface area is 154 Å². The van der Waals surface area contributed by atoms with Crippen LogP contribution in [0.5, 0.6) is 0 Å². The maximum atomic E-state index is 11.1. The number of nitrogens with one attached hydrogen (secondary N) is 1. The first kappa shape index (κ1) is 17.6. The number of thioether (sulfide) groups is 1. The SMILES string of the molecule is CCn1c(Cc2ccccc2)nnc1SCc1csc(NC(C)=O)n1. The Hall–Kier alpha value is -2.19. The number of aromatic nitrogens is 4. The molecule has 0 aliphatic rings. The summed E-state index contributed by atoms with van der Waals surface area (Å²) in [5.41, 5.74) is 2.15. The van der Waals surface area contributed by atoms with Crippen LogP contribution in [0.15, 0.2) is 40.9 Å². The first-order valence-electron chi connectivity index (χ1n) is 7.96. The molecule has 0 unspecified atom stereocenters. The maximum Gasteiger partial charge on any atom is 0.223 e. The second-order valence-corrected chi connectivity index (χ2v) is 7.22. The number of rotatable bonds is 7. The minimum atomic E-state index is -0.107. The van der Waals surface area contributed by atoms with E-state index in [1.54, 1.807) is 11.8 Å². The van der Waals surface area contributed by atoms with Crippen molar-refractivity contribution in [2.45, 2.75) is 37.7 Å². The van der Waals surface area contributed by atoms with Crippen molar-refractivity contribution in [2.24, 2.45) is 0 Å². The van der Waals surface area contributed by atoms with Crippen molar-refractivity contribution in [3.63, 3.8) is 0 Å². The molecule has 0 fully saturated rings. The van der Waals surface area contributed by atoms with Crippen molar-refractivity contribution in [1.29, 1.82) is 0 Å². The molecule has 130 valence electrons. The number of carbonyl (C=O) groups excluding carboxylic acids is 1. The molecule has 0 saturated heterocycles. The molecule has 0 spiro atoms. The van der Waals surface area contributed by atoms with Crippen LogP contribution in [0.4, 0.5) is 5.13 Å². The third-order valence-corrected chi connectivity index (χ3v) is 5.31. The quantitative estimate of drug-likeness (QED) is 0.641. The molecule has 2 aromatic heterocycles. The Morgan fingerprint density at radius 3 is 2.80 bits per heavy atom. The maximum absolute atomic E-state index is 11.1. The zero-order valence-corrected chi connectivity index (χ0v) is 15.7. The Kier molecular flexibility index (Phi) is 5.83. The van der Waals surface area contributed by atoms with Gasteiger partial charge in [0.25, 0.3) is 0 Å². The first-order chi connectivity index (χ1) is 12.2. The van der Waals surface area contributed by atoms with Gasteiger partial charge in [0, 0.05) is 31.0 Å². The third kappa shape index (κ3) is 4.67. The van der Waals surface area contributed by atoms with E-state index < -0.39 is 0 Å². The summed E-state index contributed by atoms with van der Waals surface area (Å²) in [4.78, 5) is 15.5. The molecule has 0 bridgehead atoms. The number of hydrogen-bond acceptors (Lipinski definition) is 6. The van der Waals surface area contributed by atoms with Gasteiger partial charge in [0.05, 0.1) is 5.69 Å². The van der Waals surface area contributed by atoms with E-state index in [1.807, 2.05) is 23.6 Å². The van der Waals surface area contributed by atoms with E-state index in [0.717, 1.165) is 29.6 Å². The molecule has 3 rings (SSSR count). The highest BCUT2D eigenvalue weighted by Gasteiger charge is 2.13. The second kappa shape index (κ2) is 8.26. The molecular weight excluding hydrogens is 354 g/mol. The van der Waals surface area contributed by atoms with E-state index in [0.29, 0.717) is 10.9 Å². The number of hydrogen-bond donors (Lipinski definition) is 1. The lowest BCUT2D eigenvalue weighted by Gasteiger charge is -2.06. The minimum Gasteiger partial charge on any atom is -0.306 e. The fourth-order valence-corrected chi connectivity index (χ4v) is 4.15. The zero-order valence-electron chi connectivity index (χ0n) is 14.1. The Morgan fingerprint density at radius 2 is 2.08 bits per heavy atom. The minimum absolute atomic E-state index is 0.107. The van der Waals surface area contributed by atoms with Crippen LogP contribution in [-0.4, -0.2) is 25.7 Å². The molecule has 3 aromatic rings. The largest absolute Gasteiger partial charge is 0.306 e. The standard InChI is InChI=1S/C17H19N5OS2/c1-3-22-15(9-13-7-5-4-6-8-13)20-21-17(22)25-11-14-10-24-16(19-14)18-12(2)23/h4-8,10H,3,9,11H2,1-2H3,(H,18,19,23). The Morgan fingerprint density at radius 1 is 1.28 bits per heavy atom. The van der Waals surface area contributed by atoms with Crippen LogP contribution in [0.25, 0.3) is 0 Å². The normalized spacial score (nSPS) is 10.8. The molecule has 1 aromatic carbocycles. The van der Waals surface area contributed by atoms with Crippen molar-refractivity contribution < 1.29 is 4.79 Å². The van der Waals surface area contributed by atoms with E-state index in [-0.39, 0.29) is 5.91 Å². The number of amides is 1. The molecule has 0 radical (unpaired) electrons. The summed E-state index contributed by atoms with van der Waals surface area (Å²) < 4.78 is 2.14. The van der Waals surface area contributed by atoms with Crippen LogP contribution in [0, 0.1) is 0 Å². The summed E-state index contributed by atoms with van der Waals surface area (Å²) in [6.07, 6.45) is 0.769. The third-order valence-electron chi connectivity index (χ3n) is 3.50. The molecule has 25 heavy (non-hydrogen) atoms. The van der Waals surface area contributed by atoms with Gasteiger partial charge in [-0.05, 0) is 12.5 Å². The Balaban J connectivity index is 1.66. The fraction of sp³-hybridized carbons (Fsp3) is 0.294. The summed E-state index contributed by atoms with van der Waals surface area (Å²) in [5.74, 6) is 1.55. The van der Waals surface area contributed by atoms with Crippen molar-refractivity contribution >= 4 is 34.1 Å². The lowest BCUT2D eigenvalue weighted by molar-refractivity contribution is -0.114. The van der Waals surface area contributed by atoms with Gasteiger partial charge in [0.15, 0.2) is 10.3 Å². The van der Waals surface area contributed by atoms with Crippen LogP contribution in [0.1, 0.15) is 30.9 Å². The van der Waals surface area contributed by atoms with Crippen molar-refractivity contribution in [2.75, 3.05) is 5.32 Å². The van der Waals surface area contributed by atoms with Crippen LogP contribution >= 0.6 is 23.1 Å². The van der Waals surface area contributed by atoms with Gasteiger partial charge >= 0.3 is 0 Å². The molecule has 1 N–H and O–H groups in total. The predicted molar refractivity (Wildman–Crippen MR) is 101 cm³/mol. The second-order valence-electron chi connectivity index (χ2n) is 5.42. The summed E-state index contributed by atoms with van der Waals surface area (Å²) in [5, 5.41) is 14.9. The number of carbonyl (C=O) groups is 1. The molecule has 1 amide bonds. The molecular formula is C17H19N5OS2. The zero-order chi connectivity index (χ0) is 17.6. The van der Waals surface area contributed by atoms with Crippen LogP contribution < -0.4 is 5.32 Å². The van der Waals surface area contributed by atoms with Crippen LogP contribution in [0.3, 0.4) is 0 Å². The van der Waals surface area contributed by atoms with Crippen LogP contribution in [0.2, 0.25) is 0 Å². The summed E-state index contributed by atoms with van der Waals surface area (Å²) in [6.45, 7) is 4.40. The van der Waals surface area contributed by atoms with Gasteiger partial charge in [0.1, 0.15) is 5.82 Å². The average molecular weight is 374 g/mol. The summed E-state index contributed by atoms with van der Waals surface area (Å²) in [7, 11) is 0. The van der Waals surface area contributed by atoms with Crippen molar-refractivity contribution in [1.82, 2.24) is 19.7 Å². The molecule has 0 aliphatic heterocycles. The van der Waals surface area contributed by atoms with E-state index in [1.165, 1.54) is 23.8 Å². The Bertz CT molecular complexity index is 844. The van der Waals surface area contributed by atoms with Gasteiger partial charge in [-0.25, -0.2) is 4.98 Å². The number of anilines is 1. The fourth-order valence-electron chi connectivity index (χ4n) is 2.37. The van der Waals surface area contributed by atoms with E-state index in [2.05, 4.69) is 44.1 Å². The van der Waals surface area contributed by atoms with Crippen molar-refractivity contribution in [3.8, 4) is 0 Å². The number of nitrogens with zero attached hydrogens (tertiary/aromatic N) is 4. The van der Waals surface area contributed by atoms with Gasteiger partial charge in [0.2, 0.25) is 5.91 Å². The summed E-state index contributed by atoms with van der Waals surface area (Å²) in [6, 6.07) is 10.3. The van der Waals surface area contributed by atoms with Gasteiger partial charge in [-0.15, -0.1) is 21.5 Å². The van der Waals surface area contributed by atoms with Crippen molar-refractivity contribution in [3.05, 3.63) is 52.8 Å². The highest BCUT2D eigenvalue weighted by atomic mass is 32.2. The predicted octanol–water partition coefficient (Wildman–Crippen LogP) is 3.60. The summed E-state index contributed by atoms with van der Waals surface area (Å²) >= 11 is 3.04. The molecule has 2 heterocycles. The van der Waals surface area contributed by atoms with Gasteiger partial charge in [-0.1, -0.05) is 42.1 Å². The number of thiazole rings is 1. The van der Waals surface area contributed by atoms with Gasteiger partial charge < -0.3 is 9.88 Å². The average Bonchev–Trinajstić information content (AvgIpc) is 3.20. The van der Waals surface area contributed by atoms with E-state index in [9.17, 15) is 4.79 Å². The van der Waals surface area contributed by atoms with Crippen LogP contribution in [-0.2, 0) is 23.5 Å². The molecule has 0 atom stereocenters. The highest BCUT2D eigenvalue weighted by Crippen LogP contribution is 2.25. The highest BCUT2D eigenvalue weighted by molar-refractivity contribution is 7.98. The topological polar surface area (TPSA) is 72.7 Å². The first-order valence-corrected chi connectivity index (χ1v) is 9.83. The van der Waals surface area contributed by atoms with Gasteiger partial charge in [-0.2, -0.15) is 0 Å². The number of benzene rings is 1. The van der Waals surface area contributed by atoms with E-state index >= 15 is 0 Å². The monoisotopic (exact) mass is 373 g/mol.